The average molecular weight is 501 g/mol. The molecule has 0 spiro atoms. The summed E-state index contributed by atoms with van der Waals surface area (Å²) in [4.78, 5) is 30.4. The summed E-state index contributed by atoms with van der Waals surface area (Å²) in [5, 5.41) is 11.3. The van der Waals surface area contributed by atoms with Gasteiger partial charge in [0.25, 0.3) is 11.7 Å². The van der Waals surface area contributed by atoms with E-state index in [1.165, 1.54) is 29.2 Å². The number of aliphatic hydroxyl groups excluding tert-OH is 1. The first kappa shape index (κ1) is 24.6. The summed E-state index contributed by atoms with van der Waals surface area (Å²) < 4.78 is 19.5. The van der Waals surface area contributed by atoms with Gasteiger partial charge in [0.15, 0.2) is 0 Å². The Hall–Kier alpha value is -4.13. The van der Waals surface area contributed by atoms with E-state index in [-0.39, 0.29) is 11.3 Å². The largest absolute Gasteiger partial charge is 0.507 e. The SMILES string of the molecule is CCCOc1cccc(/C(O)=C2\C(=O)C(=O)N(c3ccc(N4CCCC4)cc3)C2c2ccc(F)cc2)c1. The number of nitrogens with zero attached hydrogens (tertiary/aromatic N) is 2. The van der Waals surface area contributed by atoms with Crippen molar-refractivity contribution >= 4 is 28.8 Å². The van der Waals surface area contributed by atoms with Crippen molar-refractivity contribution < 1.29 is 23.8 Å². The van der Waals surface area contributed by atoms with Crippen molar-refractivity contribution in [2.45, 2.75) is 32.2 Å². The highest BCUT2D eigenvalue weighted by molar-refractivity contribution is 6.51. The lowest BCUT2D eigenvalue weighted by atomic mass is 9.95. The van der Waals surface area contributed by atoms with Crippen LogP contribution >= 0.6 is 0 Å². The number of anilines is 2. The topological polar surface area (TPSA) is 70.1 Å². The summed E-state index contributed by atoms with van der Waals surface area (Å²) in [5.41, 5.74) is 2.42. The van der Waals surface area contributed by atoms with Crippen LogP contribution in [0.15, 0.2) is 78.4 Å². The summed E-state index contributed by atoms with van der Waals surface area (Å²) in [7, 11) is 0. The number of hydrogen-bond acceptors (Lipinski definition) is 5. The predicted molar refractivity (Wildman–Crippen MR) is 141 cm³/mol. The Morgan fingerprint density at radius 3 is 2.32 bits per heavy atom. The molecule has 0 radical (unpaired) electrons. The number of halogens is 1. The molecule has 0 bridgehead atoms. The fourth-order valence-corrected chi connectivity index (χ4v) is 4.97. The third-order valence-electron chi connectivity index (χ3n) is 6.81. The van der Waals surface area contributed by atoms with Crippen LogP contribution in [0.3, 0.4) is 0 Å². The molecule has 2 heterocycles. The molecule has 6 nitrogen and oxygen atoms in total. The van der Waals surface area contributed by atoms with Crippen LogP contribution in [0.1, 0.15) is 43.4 Å². The zero-order chi connectivity index (χ0) is 25.9. The lowest BCUT2D eigenvalue weighted by Gasteiger charge is -2.26. The Kier molecular flexibility index (Phi) is 6.95. The number of ether oxygens (including phenoxy) is 1. The second-order valence-corrected chi connectivity index (χ2v) is 9.31. The molecule has 1 amide bonds. The first-order chi connectivity index (χ1) is 18.0. The average Bonchev–Trinajstić information content (AvgIpc) is 3.55. The summed E-state index contributed by atoms with van der Waals surface area (Å²) in [6, 6.07) is 19.0. The van der Waals surface area contributed by atoms with E-state index < -0.39 is 23.5 Å². The Morgan fingerprint density at radius 1 is 0.973 bits per heavy atom. The third kappa shape index (κ3) is 4.81. The molecule has 1 N–H and O–H groups in total. The third-order valence-corrected chi connectivity index (χ3v) is 6.81. The molecule has 190 valence electrons. The molecule has 3 aromatic carbocycles. The van der Waals surface area contributed by atoms with Gasteiger partial charge in [-0.3, -0.25) is 14.5 Å². The Bertz CT molecular complexity index is 1330. The van der Waals surface area contributed by atoms with Crippen molar-refractivity contribution in [3.63, 3.8) is 0 Å². The van der Waals surface area contributed by atoms with Gasteiger partial charge in [-0.2, -0.15) is 0 Å². The molecule has 37 heavy (non-hydrogen) atoms. The van der Waals surface area contributed by atoms with Gasteiger partial charge in [-0.05, 0) is 73.4 Å². The van der Waals surface area contributed by atoms with Crippen LogP contribution in [0.2, 0.25) is 0 Å². The van der Waals surface area contributed by atoms with Crippen LogP contribution in [0, 0.1) is 5.82 Å². The van der Waals surface area contributed by atoms with Crippen molar-refractivity contribution in [1.82, 2.24) is 0 Å². The van der Waals surface area contributed by atoms with Crippen LogP contribution in [0.4, 0.5) is 15.8 Å². The van der Waals surface area contributed by atoms with Gasteiger partial charge in [-0.1, -0.05) is 31.2 Å². The number of hydrogen-bond donors (Lipinski definition) is 1. The van der Waals surface area contributed by atoms with E-state index in [9.17, 15) is 19.1 Å². The standard InChI is InChI=1S/C30H29FN2O4/c1-2-18-37-25-7-5-6-21(19-25)28(34)26-27(20-8-10-22(31)11-9-20)33(30(36)29(26)35)24-14-12-23(13-15-24)32-16-3-4-17-32/h5-15,19,27,34H,2-4,16-18H2,1H3/b28-26+. The van der Waals surface area contributed by atoms with E-state index in [2.05, 4.69) is 4.90 Å². The maximum atomic E-state index is 13.8. The number of rotatable bonds is 7. The first-order valence-electron chi connectivity index (χ1n) is 12.6. The number of carbonyl (C=O) groups is 2. The maximum Gasteiger partial charge on any atom is 0.300 e. The normalized spacial score (nSPS) is 19.0. The summed E-state index contributed by atoms with van der Waals surface area (Å²) >= 11 is 0. The van der Waals surface area contributed by atoms with Crippen LogP contribution in [-0.4, -0.2) is 36.5 Å². The van der Waals surface area contributed by atoms with E-state index >= 15 is 0 Å². The number of Topliss-reactive ketones (excluding diaryl/α,β-unsaturated/α-hetero) is 1. The number of amides is 1. The molecule has 1 atom stereocenters. The molecule has 2 aliphatic heterocycles. The fourth-order valence-electron chi connectivity index (χ4n) is 4.97. The number of aliphatic hydroxyl groups is 1. The van der Waals surface area contributed by atoms with Gasteiger partial charge in [0.1, 0.15) is 17.3 Å². The van der Waals surface area contributed by atoms with Crippen LogP contribution in [0.5, 0.6) is 5.75 Å². The van der Waals surface area contributed by atoms with Crippen molar-refractivity contribution in [3.05, 3.63) is 95.3 Å². The Labute approximate surface area is 215 Å². The molecule has 1 unspecified atom stereocenters. The number of ketones is 1. The van der Waals surface area contributed by atoms with Crippen molar-refractivity contribution in [2.24, 2.45) is 0 Å². The molecule has 3 aromatic rings. The van der Waals surface area contributed by atoms with Crippen LogP contribution in [0.25, 0.3) is 5.76 Å². The minimum Gasteiger partial charge on any atom is -0.507 e. The highest BCUT2D eigenvalue weighted by Gasteiger charge is 2.47. The molecule has 2 fully saturated rings. The Balaban J connectivity index is 1.59. The first-order valence-corrected chi connectivity index (χ1v) is 12.6. The van der Waals surface area contributed by atoms with Gasteiger partial charge in [0, 0.05) is 30.0 Å². The minimum atomic E-state index is -0.918. The summed E-state index contributed by atoms with van der Waals surface area (Å²) in [6.45, 7) is 4.48. The molecule has 2 saturated heterocycles. The van der Waals surface area contributed by atoms with Crippen LogP contribution < -0.4 is 14.5 Å². The van der Waals surface area contributed by atoms with E-state index in [4.69, 9.17) is 4.74 Å². The van der Waals surface area contributed by atoms with Gasteiger partial charge >= 0.3 is 0 Å². The van der Waals surface area contributed by atoms with E-state index in [1.807, 2.05) is 31.2 Å². The van der Waals surface area contributed by atoms with Gasteiger partial charge in [-0.25, -0.2) is 4.39 Å². The highest BCUT2D eigenvalue weighted by Crippen LogP contribution is 2.42. The molecular formula is C30H29FN2O4. The van der Waals surface area contributed by atoms with Gasteiger partial charge in [-0.15, -0.1) is 0 Å². The molecule has 0 aromatic heterocycles. The summed E-state index contributed by atoms with van der Waals surface area (Å²) in [6.07, 6.45) is 3.11. The lowest BCUT2D eigenvalue weighted by Crippen LogP contribution is -2.29. The van der Waals surface area contributed by atoms with Crippen molar-refractivity contribution in [1.29, 1.82) is 0 Å². The predicted octanol–water partition coefficient (Wildman–Crippen LogP) is 5.84. The molecular weight excluding hydrogens is 471 g/mol. The zero-order valence-electron chi connectivity index (χ0n) is 20.7. The minimum absolute atomic E-state index is 0.0483. The second-order valence-electron chi connectivity index (χ2n) is 9.31. The van der Waals surface area contributed by atoms with Crippen molar-refractivity contribution in [2.75, 3.05) is 29.5 Å². The lowest BCUT2D eigenvalue weighted by molar-refractivity contribution is -0.132. The molecule has 2 aliphatic rings. The smallest absolute Gasteiger partial charge is 0.300 e. The van der Waals surface area contributed by atoms with Gasteiger partial charge < -0.3 is 14.7 Å². The van der Waals surface area contributed by atoms with E-state index in [1.54, 1.807) is 24.3 Å². The molecule has 0 saturated carbocycles. The van der Waals surface area contributed by atoms with Crippen molar-refractivity contribution in [3.8, 4) is 5.75 Å². The molecule has 5 rings (SSSR count). The molecule has 7 heteroatoms. The summed E-state index contributed by atoms with van der Waals surface area (Å²) in [5.74, 6) is -1.73. The van der Waals surface area contributed by atoms with Gasteiger partial charge in [0.05, 0.1) is 18.2 Å². The molecule has 0 aliphatic carbocycles. The fraction of sp³-hybridized carbons (Fsp3) is 0.267. The monoisotopic (exact) mass is 500 g/mol. The van der Waals surface area contributed by atoms with E-state index in [0.29, 0.717) is 29.2 Å². The second kappa shape index (κ2) is 10.5. The zero-order valence-corrected chi connectivity index (χ0v) is 20.7. The van der Waals surface area contributed by atoms with E-state index in [0.717, 1.165) is 38.0 Å². The number of benzene rings is 3. The maximum absolute atomic E-state index is 13.8. The quantitative estimate of drug-likeness (QED) is 0.251. The highest BCUT2D eigenvalue weighted by atomic mass is 19.1. The van der Waals surface area contributed by atoms with Crippen LogP contribution in [-0.2, 0) is 9.59 Å². The number of carbonyl (C=O) groups excluding carboxylic acids is 2. The Morgan fingerprint density at radius 2 is 1.65 bits per heavy atom. The van der Waals surface area contributed by atoms with Gasteiger partial charge in [0.2, 0.25) is 0 Å².